The van der Waals surface area contributed by atoms with Crippen LogP contribution >= 0.6 is 0 Å². The first kappa shape index (κ1) is 17.4. The molecule has 0 aliphatic carbocycles. The van der Waals surface area contributed by atoms with Gasteiger partial charge in [-0.1, -0.05) is 0 Å². The van der Waals surface area contributed by atoms with Crippen molar-refractivity contribution in [2.24, 2.45) is 0 Å². The molecule has 0 amide bonds. The molecule has 0 unspecified atom stereocenters. The van der Waals surface area contributed by atoms with Crippen LogP contribution in [0.5, 0.6) is 5.75 Å². The Labute approximate surface area is 162 Å². The van der Waals surface area contributed by atoms with Crippen LogP contribution in [0.4, 0.5) is 10.2 Å². The summed E-state index contributed by atoms with van der Waals surface area (Å²) in [6.45, 7) is 4.45. The van der Waals surface area contributed by atoms with E-state index in [2.05, 4.69) is 14.9 Å². The lowest BCUT2D eigenvalue weighted by Gasteiger charge is -2.36. The van der Waals surface area contributed by atoms with Crippen LogP contribution in [-0.4, -0.2) is 72.0 Å². The molecule has 1 atom stereocenters. The third kappa shape index (κ3) is 3.08. The molecule has 5 rings (SSSR count). The number of anilines is 1. The molecule has 1 aromatic carbocycles. The lowest BCUT2D eigenvalue weighted by molar-refractivity contribution is -0.0219. The Hall–Kier alpha value is -2.71. The predicted octanol–water partition coefficient (Wildman–Crippen LogP) is 2.06. The first-order valence-corrected chi connectivity index (χ1v) is 9.49. The molecule has 1 fully saturated rings. The first-order chi connectivity index (χ1) is 13.7. The number of likely N-dealkylation sites (N-methyl/N-ethyl adjacent to an activating group) is 1. The van der Waals surface area contributed by atoms with Gasteiger partial charge < -0.3 is 14.4 Å². The summed E-state index contributed by atoms with van der Waals surface area (Å²) in [6.07, 6.45) is 3.51. The summed E-state index contributed by atoms with van der Waals surface area (Å²) in [6, 6.07) is 6.93. The molecule has 0 saturated carbocycles. The Kier molecular flexibility index (Phi) is 4.37. The Morgan fingerprint density at radius 2 is 2.04 bits per heavy atom. The van der Waals surface area contributed by atoms with Gasteiger partial charge in [0, 0.05) is 44.0 Å². The average molecular weight is 383 g/mol. The van der Waals surface area contributed by atoms with E-state index in [9.17, 15) is 4.39 Å². The number of benzene rings is 1. The van der Waals surface area contributed by atoms with Gasteiger partial charge in [0.1, 0.15) is 24.0 Å². The van der Waals surface area contributed by atoms with Gasteiger partial charge in [-0.3, -0.25) is 4.90 Å². The maximum absolute atomic E-state index is 14.6. The van der Waals surface area contributed by atoms with E-state index in [1.165, 1.54) is 6.07 Å². The summed E-state index contributed by atoms with van der Waals surface area (Å²) in [5.41, 5.74) is 1.72. The molecule has 4 bridgehead atoms. The third-order valence-corrected chi connectivity index (χ3v) is 5.49. The molecule has 0 N–H and O–H groups in total. The summed E-state index contributed by atoms with van der Waals surface area (Å²) >= 11 is 0. The second-order valence-corrected chi connectivity index (χ2v) is 7.25. The van der Waals surface area contributed by atoms with Gasteiger partial charge in [-0.05, 0) is 24.3 Å². The zero-order valence-corrected chi connectivity index (χ0v) is 15.7. The van der Waals surface area contributed by atoms with Crippen molar-refractivity contribution in [3.63, 3.8) is 0 Å². The van der Waals surface area contributed by atoms with Gasteiger partial charge in [0.2, 0.25) is 0 Å². The largest absolute Gasteiger partial charge is 0.492 e. The number of aromatic nitrogens is 3. The maximum atomic E-state index is 14.6. The molecule has 146 valence electrons. The van der Waals surface area contributed by atoms with Crippen molar-refractivity contribution in [2.75, 3.05) is 51.4 Å². The molecule has 2 aliphatic heterocycles. The zero-order chi connectivity index (χ0) is 19.1. The first-order valence-electron chi connectivity index (χ1n) is 9.49. The number of morpholine rings is 1. The second-order valence-electron chi connectivity index (χ2n) is 7.25. The van der Waals surface area contributed by atoms with E-state index >= 15 is 0 Å². The Balaban J connectivity index is 1.62. The van der Waals surface area contributed by atoms with Gasteiger partial charge in [-0.2, -0.15) is 5.10 Å². The fourth-order valence-electron chi connectivity index (χ4n) is 3.78. The summed E-state index contributed by atoms with van der Waals surface area (Å²) in [4.78, 5) is 9.26. The van der Waals surface area contributed by atoms with Crippen molar-refractivity contribution < 1.29 is 13.9 Å². The fourth-order valence-corrected chi connectivity index (χ4v) is 3.78. The SMILES string of the molecule is CN1CCN2CCOC[C@H]2COc2ccc(F)c(c2)-c2cnn3ccc1nc23. The third-order valence-electron chi connectivity index (χ3n) is 5.49. The van der Waals surface area contributed by atoms with Crippen molar-refractivity contribution in [3.8, 4) is 16.9 Å². The molecule has 0 spiro atoms. The molecular weight excluding hydrogens is 361 g/mol. The standard InChI is InChI=1S/C20H22FN5O2/c1-24-6-7-25-8-9-27-12-14(25)13-28-15-2-3-18(21)16(10-15)17-11-22-26-5-4-19(24)23-20(17)26/h2-5,10-11,14H,6-9,12-13H2,1H3/t14-/m0/s1. The van der Waals surface area contributed by atoms with Crippen LogP contribution in [0, 0.1) is 5.82 Å². The van der Waals surface area contributed by atoms with Crippen molar-refractivity contribution in [3.05, 3.63) is 42.5 Å². The predicted molar refractivity (Wildman–Crippen MR) is 103 cm³/mol. The Bertz CT molecular complexity index is 1010. The quantitative estimate of drug-likeness (QED) is 0.592. The van der Waals surface area contributed by atoms with E-state index in [1.54, 1.807) is 22.8 Å². The number of nitrogens with zero attached hydrogens (tertiary/aromatic N) is 5. The van der Waals surface area contributed by atoms with Crippen LogP contribution in [0.2, 0.25) is 0 Å². The molecule has 28 heavy (non-hydrogen) atoms. The van der Waals surface area contributed by atoms with Gasteiger partial charge in [-0.25, -0.2) is 13.9 Å². The molecule has 8 heteroatoms. The van der Waals surface area contributed by atoms with E-state index < -0.39 is 0 Å². The van der Waals surface area contributed by atoms with Gasteiger partial charge in [0.25, 0.3) is 0 Å². The fraction of sp³-hybridized carbons (Fsp3) is 0.400. The van der Waals surface area contributed by atoms with Crippen molar-refractivity contribution >= 4 is 11.5 Å². The molecule has 4 heterocycles. The highest BCUT2D eigenvalue weighted by Gasteiger charge is 2.25. The van der Waals surface area contributed by atoms with Gasteiger partial charge >= 0.3 is 0 Å². The number of halogens is 1. The van der Waals surface area contributed by atoms with E-state index in [4.69, 9.17) is 14.5 Å². The highest BCUT2D eigenvalue weighted by atomic mass is 19.1. The number of rotatable bonds is 0. The van der Waals surface area contributed by atoms with E-state index in [0.717, 1.165) is 32.1 Å². The molecule has 3 aromatic rings. The highest BCUT2D eigenvalue weighted by molar-refractivity contribution is 5.78. The number of hydrogen-bond acceptors (Lipinski definition) is 6. The van der Waals surface area contributed by atoms with Crippen molar-refractivity contribution in [1.82, 2.24) is 19.5 Å². The zero-order valence-electron chi connectivity index (χ0n) is 15.7. The minimum Gasteiger partial charge on any atom is -0.492 e. The molecule has 1 saturated heterocycles. The molecule has 2 aromatic heterocycles. The monoisotopic (exact) mass is 383 g/mol. The topological polar surface area (TPSA) is 55.1 Å². The van der Waals surface area contributed by atoms with Crippen LogP contribution in [0.3, 0.4) is 0 Å². The van der Waals surface area contributed by atoms with Crippen LogP contribution < -0.4 is 9.64 Å². The van der Waals surface area contributed by atoms with Gasteiger partial charge in [0.05, 0.1) is 25.5 Å². The minimum atomic E-state index is -0.322. The normalized spacial score (nSPS) is 20.6. The molecule has 0 radical (unpaired) electrons. The maximum Gasteiger partial charge on any atom is 0.165 e. The summed E-state index contributed by atoms with van der Waals surface area (Å²) in [7, 11) is 2.02. The van der Waals surface area contributed by atoms with Crippen molar-refractivity contribution in [2.45, 2.75) is 6.04 Å². The Morgan fingerprint density at radius 1 is 1.11 bits per heavy atom. The van der Waals surface area contributed by atoms with Crippen LogP contribution in [0.15, 0.2) is 36.7 Å². The minimum absolute atomic E-state index is 0.167. The van der Waals surface area contributed by atoms with Crippen molar-refractivity contribution in [1.29, 1.82) is 0 Å². The average Bonchev–Trinajstić information content (AvgIpc) is 3.14. The summed E-state index contributed by atoms with van der Waals surface area (Å²) < 4.78 is 28.0. The Morgan fingerprint density at radius 3 is 2.96 bits per heavy atom. The molecule has 2 aliphatic rings. The van der Waals surface area contributed by atoms with E-state index in [-0.39, 0.29) is 11.9 Å². The van der Waals surface area contributed by atoms with Gasteiger partial charge in [0.15, 0.2) is 5.65 Å². The number of ether oxygens (including phenoxy) is 2. The summed E-state index contributed by atoms with van der Waals surface area (Å²) in [5, 5.41) is 4.33. The number of fused-ring (bicyclic) bond motifs is 5. The molecule has 7 nitrogen and oxygen atoms in total. The van der Waals surface area contributed by atoms with Gasteiger partial charge in [-0.15, -0.1) is 0 Å². The number of hydrogen-bond donors (Lipinski definition) is 0. The lowest BCUT2D eigenvalue weighted by Crippen LogP contribution is -2.50. The smallest absolute Gasteiger partial charge is 0.165 e. The van der Waals surface area contributed by atoms with E-state index in [1.807, 2.05) is 19.3 Å². The van der Waals surface area contributed by atoms with E-state index in [0.29, 0.717) is 35.7 Å². The highest BCUT2D eigenvalue weighted by Crippen LogP contribution is 2.30. The van der Waals surface area contributed by atoms with Crippen LogP contribution in [0.25, 0.3) is 16.8 Å². The van der Waals surface area contributed by atoms with Crippen LogP contribution in [-0.2, 0) is 4.74 Å². The lowest BCUT2D eigenvalue weighted by atomic mass is 10.1. The second kappa shape index (κ2) is 7.03. The van der Waals surface area contributed by atoms with Crippen LogP contribution in [0.1, 0.15) is 0 Å². The summed E-state index contributed by atoms with van der Waals surface area (Å²) in [5.74, 6) is 1.15. The molecular formula is C20H22FN5O2.